The summed E-state index contributed by atoms with van der Waals surface area (Å²) in [6, 6.07) is 2.32. The fourth-order valence-electron chi connectivity index (χ4n) is 3.98. The highest BCUT2D eigenvalue weighted by molar-refractivity contribution is 4.90. The molecule has 2 fully saturated rings. The van der Waals surface area contributed by atoms with E-state index < -0.39 is 0 Å². The molecule has 1 N–H and O–H groups in total. The molecule has 1 aliphatic carbocycles. The molecule has 1 saturated heterocycles. The first kappa shape index (κ1) is 13.4. The quantitative estimate of drug-likeness (QED) is 0.792. The predicted octanol–water partition coefficient (Wildman–Crippen LogP) is 3.03. The normalized spacial score (nSPS) is 30.9. The second-order valence-electron chi connectivity index (χ2n) is 6.27. The maximum absolute atomic E-state index is 3.38. The third kappa shape index (κ3) is 3.23. The summed E-state index contributed by atoms with van der Waals surface area (Å²) in [7, 11) is 2.08. The fourth-order valence-corrected chi connectivity index (χ4v) is 3.98. The van der Waals surface area contributed by atoms with Gasteiger partial charge in [-0.05, 0) is 65.5 Å². The first-order chi connectivity index (χ1) is 8.22. The Hall–Kier alpha value is -0.0800. The summed E-state index contributed by atoms with van der Waals surface area (Å²) >= 11 is 0. The molecule has 0 amide bonds. The van der Waals surface area contributed by atoms with Gasteiger partial charge in [-0.1, -0.05) is 12.8 Å². The number of hydrogen-bond donors (Lipinski definition) is 1. The van der Waals surface area contributed by atoms with E-state index in [1.165, 1.54) is 51.5 Å². The van der Waals surface area contributed by atoms with Gasteiger partial charge in [0.1, 0.15) is 0 Å². The van der Waals surface area contributed by atoms with Crippen molar-refractivity contribution in [2.75, 3.05) is 13.6 Å². The molecule has 0 bridgehead atoms. The van der Waals surface area contributed by atoms with Gasteiger partial charge in [-0.2, -0.15) is 0 Å². The van der Waals surface area contributed by atoms with Crippen LogP contribution in [0.15, 0.2) is 0 Å². The van der Waals surface area contributed by atoms with Crippen LogP contribution in [0.25, 0.3) is 0 Å². The lowest BCUT2D eigenvalue weighted by Gasteiger charge is -2.35. The summed E-state index contributed by atoms with van der Waals surface area (Å²) in [4.78, 5) is 2.82. The Morgan fingerprint density at radius 1 is 1.12 bits per heavy atom. The van der Waals surface area contributed by atoms with E-state index in [2.05, 4.69) is 31.1 Å². The van der Waals surface area contributed by atoms with Crippen molar-refractivity contribution in [3.8, 4) is 0 Å². The van der Waals surface area contributed by atoms with Gasteiger partial charge in [0, 0.05) is 18.1 Å². The van der Waals surface area contributed by atoms with Crippen LogP contribution < -0.4 is 5.32 Å². The van der Waals surface area contributed by atoms with Crippen molar-refractivity contribution >= 4 is 0 Å². The number of hydrogen-bond acceptors (Lipinski definition) is 2. The van der Waals surface area contributed by atoms with Crippen LogP contribution in [0.4, 0.5) is 0 Å². The van der Waals surface area contributed by atoms with Gasteiger partial charge in [0.05, 0.1) is 0 Å². The number of rotatable bonds is 5. The predicted molar refractivity (Wildman–Crippen MR) is 74.3 cm³/mol. The molecule has 3 unspecified atom stereocenters. The Morgan fingerprint density at radius 2 is 1.82 bits per heavy atom. The minimum atomic E-state index is 0.648. The van der Waals surface area contributed by atoms with Crippen molar-refractivity contribution < 1.29 is 0 Å². The molecule has 0 aromatic heterocycles. The maximum atomic E-state index is 3.38. The van der Waals surface area contributed by atoms with Gasteiger partial charge < -0.3 is 5.32 Å². The molecule has 0 radical (unpaired) electrons. The lowest BCUT2D eigenvalue weighted by atomic mass is 9.94. The molecule has 100 valence electrons. The minimum Gasteiger partial charge on any atom is -0.317 e. The molecule has 1 heterocycles. The van der Waals surface area contributed by atoms with Crippen LogP contribution in [0, 0.1) is 5.92 Å². The maximum Gasteiger partial charge on any atom is 0.0127 e. The van der Waals surface area contributed by atoms with E-state index in [4.69, 9.17) is 0 Å². The summed E-state index contributed by atoms with van der Waals surface area (Å²) in [5.41, 5.74) is 0. The van der Waals surface area contributed by atoms with E-state index in [0.29, 0.717) is 6.04 Å². The summed E-state index contributed by atoms with van der Waals surface area (Å²) in [5, 5.41) is 3.38. The van der Waals surface area contributed by atoms with Gasteiger partial charge in [0.15, 0.2) is 0 Å². The molecule has 0 aromatic rings. The molecule has 0 aromatic carbocycles. The third-order valence-corrected chi connectivity index (χ3v) is 5.04. The molecular formula is C15H30N2. The first-order valence-corrected chi connectivity index (χ1v) is 7.65. The lowest BCUT2D eigenvalue weighted by Crippen LogP contribution is -2.43. The van der Waals surface area contributed by atoms with Gasteiger partial charge in [-0.3, -0.25) is 4.90 Å². The van der Waals surface area contributed by atoms with Crippen molar-refractivity contribution in [3.63, 3.8) is 0 Å². The Labute approximate surface area is 107 Å². The Balaban J connectivity index is 1.89. The molecule has 1 saturated carbocycles. The van der Waals surface area contributed by atoms with Crippen molar-refractivity contribution in [2.24, 2.45) is 5.92 Å². The monoisotopic (exact) mass is 238 g/mol. The van der Waals surface area contributed by atoms with E-state index in [1.807, 2.05) is 0 Å². The lowest BCUT2D eigenvalue weighted by molar-refractivity contribution is 0.132. The van der Waals surface area contributed by atoms with Crippen molar-refractivity contribution in [1.29, 1.82) is 0 Å². The first-order valence-electron chi connectivity index (χ1n) is 7.65. The van der Waals surface area contributed by atoms with Crippen molar-refractivity contribution in [1.82, 2.24) is 10.2 Å². The summed E-state index contributed by atoms with van der Waals surface area (Å²) in [6.07, 6.45) is 10.1. The van der Waals surface area contributed by atoms with Crippen molar-refractivity contribution in [3.05, 3.63) is 0 Å². The standard InChI is InChI=1S/C15H30N2/c1-12(16-3)11-13(2)17-10-6-9-15(17)14-7-4-5-8-14/h12-16H,4-11H2,1-3H3. The zero-order valence-electron chi connectivity index (χ0n) is 11.9. The molecule has 3 atom stereocenters. The van der Waals surface area contributed by atoms with Gasteiger partial charge >= 0.3 is 0 Å². The van der Waals surface area contributed by atoms with Crippen LogP contribution in [0.1, 0.15) is 58.8 Å². The van der Waals surface area contributed by atoms with E-state index in [9.17, 15) is 0 Å². The minimum absolute atomic E-state index is 0.648. The zero-order chi connectivity index (χ0) is 12.3. The van der Waals surface area contributed by atoms with Crippen molar-refractivity contribution in [2.45, 2.75) is 76.9 Å². The smallest absolute Gasteiger partial charge is 0.0127 e. The summed E-state index contributed by atoms with van der Waals surface area (Å²) in [5.74, 6) is 1.02. The average Bonchev–Trinajstić information content (AvgIpc) is 2.98. The number of likely N-dealkylation sites (tertiary alicyclic amines) is 1. The highest BCUT2D eigenvalue weighted by Gasteiger charge is 2.35. The topological polar surface area (TPSA) is 15.3 Å². The largest absolute Gasteiger partial charge is 0.317 e. The van der Waals surface area contributed by atoms with E-state index in [1.54, 1.807) is 0 Å². The molecular weight excluding hydrogens is 208 g/mol. The van der Waals surface area contributed by atoms with Crippen LogP contribution in [0.5, 0.6) is 0 Å². The molecule has 2 nitrogen and oxygen atoms in total. The molecule has 17 heavy (non-hydrogen) atoms. The SMILES string of the molecule is CNC(C)CC(C)N1CCCC1C1CCCC1. The average molecular weight is 238 g/mol. The molecule has 0 spiro atoms. The fraction of sp³-hybridized carbons (Fsp3) is 1.00. The second kappa shape index (κ2) is 6.19. The summed E-state index contributed by atoms with van der Waals surface area (Å²) in [6.45, 7) is 6.08. The highest BCUT2D eigenvalue weighted by Crippen LogP contribution is 2.36. The van der Waals surface area contributed by atoms with E-state index >= 15 is 0 Å². The van der Waals surface area contributed by atoms with Crippen LogP contribution in [-0.4, -0.2) is 36.6 Å². The molecule has 1 aliphatic heterocycles. The van der Waals surface area contributed by atoms with Gasteiger partial charge in [-0.25, -0.2) is 0 Å². The molecule has 2 aliphatic rings. The number of nitrogens with zero attached hydrogens (tertiary/aromatic N) is 1. The number of nitrogens with one attached hydrogen (secondary N) is 1. The highest BCUT2D eigenvalue weighted by atomic mass is 15.2. The van der Waals surface area contributed by atoms with Gasteiger partial charge in [-0.15, -0.1) is 0 Å². The summed E-state index contributed by atoms with van der Waals surface area (Å²) < 4.78 is 0. The third-order valence-electron chi connectivity index (χ3n) is 5.04. The van der Waals surface area contributed by atoms with Crippen LogP contribution in [-0.2, 0) is 0 Å². The molecule has 2 heteroatoms. The van der Waals surface area contributed by atoms with Crippen LogP contribution in [0.3, 0.4) is 0 Å². The van der Waals surface area contributed by atoms with Gasteiger partial charge in [0.2, 0.25) is 0 Å². The zero-order valence-corrected chi connectivity index (χ0v) is 11.9. The Morgan fingerprint density at radius 3 is 2.47 bits per heavy atom. The second-order valence-corrected chi connectivity index (χ2v) is 6.27. The van der Waals surface area contributed by atoms with Gasteiger partial charge in [0.25, 0.3) is 0 Å². The van der Waals surface area contributed by atoms with E-state index in [-0.39, 0.29) is 0 Å². The van der Waals surface area contributed by atoms with E-state index in [0.717, 1.165) is 18.0 Å². The van der Waals surface area contributed by atoms with Crippen LogP contribution >= 0.6 is 0 Å². The Bertz CT molecular complexity index is 223. The Kier molecular flexibility index (Phi) is 4.87. The molecule has 2 rings (SSSR count). The van der Waals surface area contributed by atoms with Crippen LogP contribution in [0.2, 0.25) is 0 Å².